The van der Waals surface area contributed by atoms with Gasteiger partial charge in [0.05, 0.1) is 23.5 Å². The van der Waals surface area contributed by atoms with Crippen molar-refractivity contribution in [2.24, 2.45) is 5.73 Å². The molecule has 2 heterocycles. The fourth-order valence-corrected chi connectivity index (χ4v) is 7.01. The fourth-order valence-electron chi connectivity index (χ4n) is 7.01. The van der Waals surface area contributed by atoms with Crippen LogP contribution in [-0.4, -0.2) is 59.0 Å². The lowest BCUT2D eigenvalue weighted by Crippen LogP contribution is -2.74. The van der Waals surface area contributed by atoms with Gasteiger partial charge in [-0.3, -0.25) is 9.69 Å². The smallest absolute Gasteiger partial charge is 0.312 e. The summed E-state index contributed by atoms with van der Waals surface area (Å²) in [6.45, 7) is 1.09. The van der Waals surface area contributed by atoms with E-state index in [0.717, 1.165) is 18.5 Å². The van der Waals surface area contributed by atoms with E-state index in [1.54, 1.807) is 12.1 Å². The number of aliphatic hydroxyl groups is 1. The van der Waals surface area contributed by atoms with Crippen molar-refractivity contribution >= 4 is 5.97 Å². The second-order valence-corrected chi connectivity index (χ2v) is 8.70. The van der Waals surface area contributed by atoms with Crippen molar-refractivity contribution < 1.29 is 24.5 Å². The maximum atomic E-state index is 12.1. The van der Waals surface area contributed by atoms with Crippen LogP contribution < -0.4 is 10.5 Å². The first kappa shape index (κ1) is 15.9. The van der Waals surface area contributed by atoms with E-state index in [1.807, 2.05) is 13.1 Å². The third kappa shape index (κ3) is 1.42. The number of esters is 1. The number of ether oxygens (including phenoxy) is 2. The second-order valence-electron chi connectivity index (χ2n) is 8.70. The number of likely N-dealkylation sites (tertiary alicyclic amines) is 1. The molecule has 7 nitrogen and oxygen atoms in total. The average Bonchev–Trinajstić information content (AvgIpc) is 3.15. The molecule has 5 atom stereocenters. The molecule has 2 fully saturated rings. The van der Waals surface area contributed by atoms with Crippen LogP contribution in [0, 0.1) is 0 Å². The number of hydrogen-bond donors (Lipinski definition) is 3. The lowest BCUT2D eigenvalue weighted by molar-refractivity contribution is -0.150. The van der Waals surface area contributed by atoms with Crippen LogP contribution in [0.1, 0.15) is 30.4 Å². The summed E-state index contributed by atoms with van der Waals surface area (Å²) in [7, 11) is 2.04. The third-order valence-electron chi connectivity index (χ3n) is 7.57. The van der Waals surface area contributed by atoms with Crippen molar-refractivity contribution in [1.29, 1.82) is 0 Å². The number of aromatic hydroxyl groups is 1. The average molecular weight is 370 g/mol. The van der Waals surface area contributed by atoms with Gasteiger partial charge in [-0.15, -0.1) is 0 Å². The van der Waals surface area contributed by atoms with E-state index >= 15 is 0 Å². The number of likely N-dealkylation sites (N-methyl/N-ethyl adjacent to an activating group) is 1. The molecule has 2 bridgehead atoms. The number of nitrogens with two attached hydrogens (primary N) is 1. The molecule has 2 aliphatic heterocycles. The van der Waals surface area contributed by atoms with Crippen LogP contribution in [0.5, 0.6) is 11.5 Å². The molecule has 5 aliphatic rings. The number of benzene rings is 1. The minimum atomic E-state index is -1.01. The number of nitrogens with zero attached hydrogens (tertiary/aromatic N) is 1. The van der Waals surface area contributed by atoms with E-state index < -0.39 is 23.1 Å². The summed E-state index contributed by atoms with van der Waals surface area (Å²) in [5.41, 5.74) is 5.71. The molecule has 1 unspecified atom stereocenters. The molecule has 1 saturated carbocycles. The molecule has 1 aromatic rings. The van der Waals surface area contributed by atoms with E-state index in [1.165, 1.54) is 5.56 Å². The Kier molecular flexibility index (Phi) is 2.64. The Morgan fingerprint density at radius 1 is 1.48 bits per heavy atom. The van der Waals surface area contributed by atoms with Gasteiger partial charge in [0.2, 0.25) is 0 Å². The summed E-state index contributed by atoms with van der Waals surface area (Å²) >= 11 is 0. The number of rotatable bonds is 3. The Labute approximate surface area is 156 Å². The highest BCUT2D eigenvalue weighted by atomic mass is 16.6. The van der Waals surface area contributed by atoms with Gasteiger partial charge in [0.25, 0.3) is 0 Å². The third-order valence-corrected chi connectivity index (χ3v) is 7.57. The van der Waals surface area contributed by atoms with Gasteiger partial charge in [-0.25, -0.2) is 0 Å². The normalized spacial score (nSPS) is 42.1. The number of fused-ring (bicyclic) bond motifs is 1. The number of phenols is 1. The molecule has 1 aromatic carbocycles. The van der Waals surface area contributed by atoms with Gasteiger partial charge in [-0.05, 0) is 31.2 Å². The number of carbonyl (C=O) groups excluding carboxylic acids is 1. The van der Waals surface area contributed by atoms with Gasteiger partial charge in [0.1, 0.15) is 5.76 Å². The van der Waals surface area contributed by atoms with Crippen molar-refractivity contribution in [3.8, 4) is 11.5 Å². The van der Waals surface area contributed by atoms with Crippen molar-refractivity contribution in [3.05, 3.63) is 35.1 Å². The molecule has 6 rings (SSSR count). The first-order valence-electron chi connectivity index (χ1n) is 9.46. The Morgan fingerprint density at radius 3 is 3.04 bits per heavy atom. The van der Waals surface area contributed by atoms with Crippen molar-refractivity contribution in [1.82, 2.24) is 4.90 Å². The molecule has 0 radical (unpaired) electrons. The summed E-state index contributed by atoms with van der Waals surface area (Å²) < 4.78 is 11.8. The lowest BCUT2D eigenvalue weighted by atomic mass is 9.56. The van der Waals surface area contributed by atoms with E-state index in [4.69, 9.17) is 15.2 Å². The summed E-state index contributed by atoms with van der Waals surface area (Å²) in [5.74, 6) is 0.533. The van der Waals surface area contributed by atoms with Crippen LogP contribution in [0.3, 0.4) is 0 Å². The number of phenolic OH excluding ortho intramolecular Hbond substituents is 1. The van der Waals surface area contributed by atoms with Crippen LogP contribution in [0.25, 0.3) is 0 Å². The summed E-state index contributed by atoms with van der Waals surface area (Å²) in [4.78, 5) is 14.3. The molecule has 27 heavy (non-hydrogen) atoms. The van der Waals surface area contributed by atoms with E-state index in [9.17, 15) is 15.0 Å². The predicted molar refractivity (Wildman–Crippen MR) is 94.3 cm³/mol. The van der Waals surface area contributed by atoms with Gasteiger partial charge in [0, 0.05) is 30.5 Å². The summed E-state index contributed by atoms with van der Waals surface area (Å²) in [5, 5.41) is 22.4. The molecular formula is C20H22N2O5. The Balaban J connectivity index is 1.56. The van der Waals surface area contributed by atoms with Gasteiger partial charge < -0.3 is 25.4 Å². The highest BCUT2D eigenvalue weighted by Gasteiger charge is 2.85. The fraction of sp³-hybridized carbons (Fsp3) is 0.550. The SMILES string of the molecule is CN1CC23C[C@]45c6c2ccc(O)c6O[C@H]4C(OC(=O)CCN)=CC[C@@]5(O)[C@H]13. The molecule has 2 spiro atoms. The van der Waals surface area contributed by atoms with Crippen LogP contribution >= 0.6 is 0 Å². The number of hydrogen-bond acceptors (Lipinski definition) is 7. The summed E-state index contributed by atoms with van der Waals surface area (Å²) in [6.07, 6.45) is 2.43. The Bertz CT molecular complexity index is 945. The first-order valence-corrected chi connectivity index (χ1v) is 9.46. The monoisotopic (exact) mass is 370 g/mol. The molecule has 0 amide bonds. The summed E-state index contributed by atoms with van der Waals surface area (Å²) in [6, 6.07) is 3.65. The zero-order chi connectivity index (χ0) is 18.8. The van der Waals surface area contributed by atoms with Crippen molar-refractivity contribution in [2.75, 3.05) is 20.1 Å². The molecule has 4 N–H and O–H groups in total. The van der Waals surface area contributed by atoms with Gasteiger partial charge in [-0.1, -0.05) is 6.07 Å². The molecule has 3 aliphatic carbocycles. The van der Waals surface area contributed by atoms with Gasteiger partial charge in [-0.2, -0.15) is 0 Å². The van der Waals surface area contributed by atoms with E-state index in [-0.39, 0.29) is 30.2 Å². The largest absolute Gasteiger partial charge is 0.504 e. The maximum Gasteiger partial charge on any atom is 0.312 e. The highest BCUT2D eigenvalue weighted by Crippen LogP contribution is 2.77. The van der Waals surface area contributed by atoms with Crippen LogP contribution in [0.2, 0.25) is 0 Å². The number of carbonyl (C=O) groups is 1. The van der Waals surface area contributed by atoms with E-state index in [2.05, 4.69) is 4.90 Å². The maximum absolute atomic E-state index is 12.1. The van der Waals surface area contributed by atoms with E-state index in [0.29, 0.717) is 17.9 Å². The highest BCUT2D eigenvalue weighted by molar-refractivity contribution is 5.74. The molecular weight excluding hydrogens is 348 g/mol. The minimum absolute atomic E-state index is 0.00311. The Hall–Kier alpha value is -2.09. The standard InChI is InChI=1S/C20H22N2O5/c1-22-9-18-8-19-14-10(18)2-3-11(23)15(14)27-16(19)12(26-13(24)5-7-21)4-6-20(19,25)17(18)22/h2-4,16-17,23,25H,5-9,21H2,1H3/t16-,17+,18?,19-,20+/m0/s1. The zero-order valence-corrected chi connectivity index (χ0v) is 15.1. The lowest BCUT2D eigenvalue weighted by Gasteiger charge is -2.60. The topological polar surface area (TPSA) is 105 Å². The van der Waals surface area contributed by atoms with Gasteiger partial charge in [0.15, 0.2) is 17.6 Å². The molecule has 7 heteroatoms. The van der Waals surface area contributed by atoms with Crippen LogP contribution in [-0.2, 0) is 20.4 Å². The molecule has 1 saturated heterocycles. The quantitative estimate of drug-likeness (QED) is 0.656. The van der Waals surface area contributed by atoms with Crippen molar-refractivity contribution in [3.63, 3.8) is 0 Å². The van der Waals surface area contributed by atoms with Crippen LogP contribution in [0.15, 0.2) is 24.0 Å². The molecule has 142 valence electrons. The second kappa shape index (κ2) is 4.48. The minimum Gasteiger partial charge on any atom is -0.504 e. The Morgan fingerprint density at radius 2 is 2.30 bits per heavy atom. The molecule has 0 aromatic heterocycles. The first-order chi connectivity index (χ1) is 12.9. The van der Waals surface area contributed by atoms with Crippen molar-refractivity contribution in [2.45, 2.75) is 47.8 Å². The van der Waals surface area contributed by atoms with Crippen LogP contribution in [0.4, 0.5) is 0 Å². The predicted octanol–water partition coefficient (Wildman–Crippen LogP) is 0.271. The zero-order valence-electron chi connectivity index (χ0n) is 15.1. The van der Waals surface area contributed by atoms with Gasteiger partial charge >= 0.3 is 5.97 Å².